The first-order valence-electron chi connectivity index (χ1n) is 3.65. The number of alkyl halides is 9. The van der Waals surface area contributed by atoms with Gasteiger partial charge in [0, 0.05) is 0 Å². The molecule has 0 aromatic rings. The zero-order valence-electron chi connectivity index (χ0n) is 7.82. The lowest BCUT2D eigenvalue weighted by Crippen LogP contribution is -2.45. The molecule has 0 unspecified atom stereocenters. The molecule has 110 valence electrons. The van der Waals surface area contributed by atoms with Gasteiger partial charge in [-0.3, -0.25) is 4.18 Å². The van der Waals surface area contributed by atoms with Crippen LogP contribution >= 0.6 is 0 Å². The van der Waals surface area contributed by atoms with E-state index in [1.807, 2.05) is 0 Å². The Morgan fingerprint density at radius 1 is 0.944 bits per heavy atom. The Morgan fingerprint density at radius 3 is 1.61 bits per heavy atom. The summed E-state index contributed by atoms with van der Waals surface area (Å²) >= 11 is 0. The average Bonchev–Trinajstić information content (AvgIpc) is 2.10. The van der Waals surface area contributed by atoms with Crippen LogP contribution in [0, 0.1) is 0 Å². The summed E-state index contributed by atoms with van der Waals surface area (Å²) in [5, 5.41) is 0. The molecule has 0 aliphatic carbocycles. The van der Waals surface area contributed by atoms with Crippen molar-refractivity contribution in [1.29, 1.82) is 0 Å². The Kier molecular flexibility index (Phi) is 4.56. The van der Waals surface area contributed by atoms with Crippen molar-refractivity contribution in [2.45, 2.75) is 23.8 Å². The van der Waals surface area contributed by atoms with E-state index in [9.17, 15) is 47.9 Å². The van der Waals surface area contributed by atoms with Crippen LogP contribution < -0.4 is 0 Å². The molecule has 0 saturated heterocycles. The second kappa shape index (κ2) is 4.75. The Balaban J connectivity index is 4.84. The van der Waals surface area contributed by atoms with Gasteiger partial charge < -0.3 is 0 Å². The zero-order chi connectivity index (χ0) is 15.0. The molecule has 0 bridgehead atoms. The van der Waals surface area contributed by atoms with Gasteiger partial charge in [-0.15, -0.1) is 0 Å². The summed E-state index contributed by atoms with van der Waals surface area (Å²) in [5.41, 5.74) is -6.10. The van der Waals surface area contributed by atoms with E-state index in [-0.39, 0.29) is 0 Å². The highest BCUT2D eigenvalue weighted by molar-refractivity contribution is 7.87. The minimum Gasteiger partial charge on any atom is -0.257 e. The molecule has 0 saturated carbocycles. The van der Waals surface area contributed by atoms with E-state index in [0.717, 1.165) is 0 Å². The average molecular weight is 314 g/mol. The van der Waals surface area contributed by atoms with Gasteiger partial charge in [0.25, 0.3) is 6.17 Å². The van der Waals surface area contributed by atoms with Gasteiger partial charge in [0.2, 0.25) is 0 Å². The summed E-state index contributed by atoms with van der Waals surface area (Å²) in [6, 6.07) is 0. The van der Waals surface area contributed by atoms with Gasteiger partial charge >= 0.3 is 27.7 Å². The molecule has 0 aromatic heterocycles. The van der Waals surface area contributed by atoms with Crippen molar-refractivity contribution in [1.82, 2.24) is 0 Å². The normalized spacial score (nSPS) is 16.7. The van der Waals surface area contributed by atoms with E-state index in [1.54, 1.807) is 0 Å². The quantitative estimate of drug-likeness (QED) is 0.455. The van der Waals surface area contributed by atoms with E-state index in [4.69, 9.17) is 0 Å². The van der Waals surface area contributed by atoms with Crippen molar-refractivity contribution in [3.63, 3.8) is 0 Å². The van der Waals surface area contributed by atoms with Crippen molar-refractivity contribution >= 4 is 10.1 Å². The van der Waals surface area contributed by atoms with E-state index in [2.05, 4.69) is 4.18 Å². The lowest BCUT2D eigenvalue weighted by Gasteiger charge is -2.22. The van der Waals surface area contributed by atoms with E-state index < -0.39 is 40.5 Å². The van der Waals surface area contributed by atoms with Crippen molar-refractivity contribution < 1.29 is 52.1 Å². The van der Waals surface area contributed by atoms with E-state index >= 15 is 0 Å². The molecular formula is C5H3F9O3S. The first kappa shape index (κ1) is 17.3. The maximum absolute atomic E-state index is 12.4. The fraction of sp³-hybridized carbons (Fsp3) is 1.00. The molecule has 0 spiro atoms. The fourth-order valence-corrected chi connectivity index (χ4v) is 0.981. The molecule has 3 nitrogen and oxygen atoms in total. The third-order valence-electron chi connectivity index (χ3n) is 1.35. The molecule has 1 atom stereocenters. The van der Waals surface area contributed by atoms with Gasteiger partial charge in [0.15, 0.2) is 0 Å². The zero-order valence-corrected chi connectivity index (χ0v) is 8.64. The first-order valence-corrected chi connectivity index (χ1v) is 5.06. The minimum atomic E-state index is -6.52. The predicted octanol–water partition coefficient (Wildman–Crippen LogP) is 2.39. The standard InChI is InChI=1S/C5H3F9O3S/c6-2(4(9,10)11)3(7,8)1-17-18(15,16)5(12,13)14/h2H,1H2/t2-/m0/s1. The third-order valence-corrected chi connectivity index (χ3v) is 2.34. The third kappa shape index (κ3) is 4.19. The SMILES string of the molecule is O=S(=O)(OCC(F)(F)[C@H](F)C(F)(F)F)C(F)(F)F. The summed E-state index contributed by atoms with van der Waals surface area (Å²) in [6.07, 6.45) is -10.9. The maximum atomic E-state index is 12.4. The smallest absolute Gasteiger partial charge is 0.257 e. The van der Waals surface area contributed by atoms with Crippen LogP contribution in [-0.4, -0.2) is 38.8 Å². The molecule has 0 fully saturated rings. The molecule has 0 radical (unpaired) electrons. The van der Waals surface area contributed by atoms with Crippen LogP contribution in [0.1, 0.15) is 0 Å². The van der Waals surface area contributed by atoms with Crippen LogP contribution in [0.25, 0.3) is 0 Å². The molecule has 0 aromatic carbocycles. The van der Waals surface area contributed by atoms with Crippen molar-refractivity contribution in [2.75, 3.05) is 6.61 Å². The van der Waals surface area contributed by atoms with Crippen LogP contribution in [-0.2, 0) is 14.3 Å². The molecular weight excluding hydrogens is 311 g/mol. The first-order chi connectivity index (χ1) is 7.61. The summed E-state index contributed by atoms with van der Waals surface area (Å²) in [5.74, 6) is -5.48. The van der Waals surface area contributed by atoms with Gasteiger partial charge in [0.05, 0.1) is 0 Å². The molecule has 0 amide bonds. The molecule has 13 heteroatoms. The van der Waals surface area contributed by atoms with Crippen LogP contribution in [0.3, 0.4) is 0 Å². The van der Waals surface area contributed by atoms with Crippen LogP contribution in [0.4, 0.5) is 39.5 Å². The Bertz CT molecular complexity index is 380. The van der Waals surface area contributed by atoms with Gasteiger partial charge in [-0.25, -0.2) is 13.2 Å². The van der Waals surface area contributed by atoms with Gasteiger partial charge in [-0.05, 0) is 0 Å². The number of halogens is 9. The van der Waals surface area contributed by atoms with Crippen LogP contribution in [0.15, 0.2) is 0 Å². The summed E-state index contributed by atoms with van der Waals surface area (Å²) in [4.78, 5) is 0. The lowest BCUT2D eigenvalue weighted by atomic mass is 10.2. The number of hydrogen-bond acceptors (Lipinski definition) is 3. The molecule has 0 heterocycles. The Hall–Kier alpha value is -0.720. The largest absolute Gasteiger partial charge is 0.523 e. The highest BCUT2D eigenvalue weighted by Gasteiger charge is 2.58. The van der Waals surface area contributed by atoms with E-state index in [1.165, 1.54) is 0 Å². The van der Waals surface area contributed by atoms with Gasteiger partial charge in [-0.2, -0.15) is 34.8 Å². The van der Waals surface area contributed by atoms with Crippen molar-refractivity contribution in [3.05, 3.63) is 0 Å². The lowest BCUT2D eigenvalue weighted by molar-refractivity contribution is -0.250. The van der Waals surface area contributed by atoms with Gasteiger partial charge in [-0.1, -0.05) is 0 Å². The second-order valence-electron chi connectivity index (χ2n) is 2.83. The predicted molar refractivity (Wildman–Crippen MR) is 36.8 cm³/mol. The molecule has 18 heavy (non-hydrogen) atoms. The van der Waals surface area contributed by atoms with Gasteiger partial charge in [0.1, 0.15) is 6.61 Å². The maximum Gasteiger partial charge on any atom is 0.523 e. The molecule has 0 N–H and O–H groups in total. The Labute approximate surface area is 93.6 Å². The molecule has 0 aliphatic rings. The highest BCUT2D eigenvalue weighted by Crippen LogP contribution is 2.36. The highest BCUT2D eigenvalue weighted by atomic mass is 32.2. The topological polar surface area (TPSA) is 43.4 Å². The molecule has 0 aliphatic heterocycles. The summed E-state index contributed by atoms with van der Waals surface area (Å²) in [7, 11) is -6.52. The summed E-state index contributed by atoms with van der Waals surface area (Å²) in [6.45, 7) is -2.92. The number of hydrogen-bond donors (Lipinski definition) is 0. The summed E-state index contributed by atoms with van der Waals surface area (Å²) < 4.78 is 129. The monoisotopic (exact) mass is 314 g/mol. The van der Waals surface area contributed by atoms with Crippen molar-refractivity contribution in [2.24, 2.45) is 0 Å². The van der Waals surface area contributed by atoms with Crippen LogP contribution in [0.2, 0.25) is 0 Å². The molecule has 0 rings (SSSR count). The second-order valence-corrected chi connectivity index (χ2v) is 4.43. The van der Waals surface area contributed by atoms with Crippen molar-refractivity contribution in [3.8, 4) is 0 Å². The van der Waals surface area contributed by atoms with E-state index in [0.29, 0.717) is 0 Å². The number of rotatable bonds is 4. The Morgan fingerprint density at radius 2 is 1.33 bits per heavy atom. The van der Waals surface area contributed by atoms with Crippen LogP contribution in [0.5, 0.6) is 0 Å². The minimum absolute atomic E-state index is 2.63. The fourth-order valence-electron chi connectivity index (χ4n) is 0.536.